The average molecular weight is 321 g/mol. The highest BCUT2D eigenvalue weighted by molar-refractivity contribution is 5.96. The molecule has 1 atom stereocenters. The monoisotopic (exact) mass is 321 g/mol. The van der Waals surface area contributed by atoms with E-state index in [1.165, 1.54) is 0 Å². The second-order valence-corrected chi connectivity index (χ2v) is 5.62. The van der Waals surface area contributed by atoms with Gasteiger partial charge in [-0.3, -0.25) is 4.79 Å². The lowest BCUT2D eigenvalue weighted by Crippen LogP contribution is -2.20. The van der Waals surface area contributed by atoms with E-state index in [0.717, 1.165) is 28.9 Å². The molecule has 1 unspecified atom stereocenters. The van der Waals surface area contributed by atoms with Crippen LogP contribution < -0.4 is 5.32 Å². The number of aromatic nitrogens is 4. The van der Waals surface area contributed by atoms with Crippen molar-refractivity contribution in [1.29, 1.82) is 0 Å². The Balaban J connectivity index is 1.78. The third-order valence-electron chi connectivity index (χ3n) is 3.99. The summed E-state index contributed by atoms with van der Waals surface area (Å²) < 4.78 is 1.60. The summed E-state index contributed by atoms with van der Waals surface area (Å²) in [4.78, 5) is 12.6. The number of aryl methyl sites for hydroxylation is 1. The number of carbonyl (C=O) groups excluding carboxylic acids is 1. The summed E-state index contributed by atoms with van der Waals surface area (Å²) in [7, 11) is 0. The molecule has 6 nitrogen and oxygen atoms in total. The van der Waals surface area contributed by atoms with E-state index < -0.39 is 0 Å². The fraction of sp³-hybridized carbons (Fsp3) is 0.222. The molecule has 0 bridgehead atoms. The van der Waals surface area contributed by atoms with Crippen molar-refractivity contribution < 1.29 is 4.79 Å². The van der Waals surface area contributed by atoms with E-state index >= 15 is 0 Å². The molecule has 3 rings (SSSR count). The van der Waals surface area contributed by atoms with E-state index in [1.54, 1.807) is 11.0 Å². The highest BCUT2D eigenvalue weighted by Crippen LogP contribution is 2.23. The van der Waals surface area contributed by atoms with Gasteiger partial charge in [0, 0.05) is 5.69 Å². The van der Waals surface area contributed by atoms with Crippen molar-refractivity contribution in [2.24, 2.45) is 0 Å². The Morgan fingerprint density at radius 1 is 1.21 bits per heavy atom. The number of nitrogens with zero attached hydrogens (tertiary/aromatic N) is 4. The molecule has 0 fully saturated rings. The first-order valence-electron chi connectivity index (χ1n) is 7.89. The Morgan fingerprint density at radius 3 is 2.62 bits per heavy atom. The number of tetrazole rings is 1. The summed E-state index contributed by atoms with van der Waals surface area (Å²) in [6.07, 6.45) is 2.29. The summed E-state index contributed by atoms with van der Waals surface area (Å²) in [5.41, 5.74) is 3.66. The lowest BCUT2D eigenvalue weighted by Gasteiger charge is -2.16. The molecular formula is C18H19N5O. The number of anilines is 1. The minimum Gasteiger partial charge on any atom is -0.326 e. The van der Waals surface area contributed by atoms with Crippen LogP contribution in [0.5, 0.6) is 0 Å². The highest BCUT2D eigenvalue weighted by atomic mass is 16.1. The molecular weight excluding hydrogens is 302 g/mol. The number of rotatable bonds is 5. The zero-order chi connectivity index (χ0) is 16.9. The molecule has 0 radical (unpaired) electrons. The third-order valence-corrected chi connectivity index (χ3v) is 3.99. The quantitative estimate of drug-likeness (QED) is 0.783. The highest BCUT2D eigenvalue weighted by Gasteiger charge is 2.18. The van der Waals surface area contributed by atoms with Crippen molar-refractivity contribution in [3.63, 3.8) is 0 Å². The molecule has 6 heteroatoms. The van der Waals surface area contributed by atoms with Gasteiger partial charge in [-0.25, -0.2) is 4.68 Å². The minimum absolute atomic E-state index is 0.00160. The maximum atomic E-state index is 12.6. The second-order valence-electron chi connectivity index (χ2n) is 5.62. The van der Waals surface area contributed by atoms with Crippen LogP contribution in [-0.2, 0) is 4.79 Å². The van der Waals surface area contributed by atoms with E-state index in [0.29, 0.717) is 0 Å². The Kier molecular flexibility index (Phi) is 4.65. The van der Waals surface area contributed by atoms with Gasteiger partial charge in [0.1, 0.15) is 6.33 Å². The average Bonchev–Trinajstić information content (AvgIpc) is 3.11. The van der Waals surface area contributed by atoms with Gasteiger partial charge in [0.15, 0.2) is 0 Å². The summed E-state index contributed by atoms with van der Waals surface area (Å²) in [5.74, 6) is -0.163. The normalized spacial score (nSPS) is 11.9. The predicted molar refractivity (Wildman–Crippen MR) is 92.0 cm³/mol. The zero-order valence-corrected chi connectivity index (χ0v) is 13.7. The molecule has 1 heterocycles. The molecule has 0 aliphatic carbocycles. The summed E-state index contributed by atoms with van der Waals surface area (Å²) >= 11 is 0. The van der Waals surface area contributed by atoms with Crippen LogP contribution >= 0.6 is 0 Å². The lowest BCUT2D eigenvalue weighted by molar-refractivity contribution is -0.117. The standard InChI is InChI=1S/C18H19N5O/c1-3-16(14-7-5-4-6-8-14)18(24)20-15-9-10-17(13(2)11-15)23-12-19-21-22-23/h4-12,16H,3H2,1-2H3,(H,20,24). The number of benzene rings is 2. The Hall–Kier alpha value is -3.02. The third kappa shape index (κ3) is 3.32. The molecule has 1 amide bonds. The van der Waals surface area contributed by atoms with Crippen molar-refractivity contribution in [1.82, 2.24) is 20.2 Å². The van der Waals surface area contributed by atoms with Crippen molar-refractivity contribution in [3.05, 3.63) is 66.0 Å². The molecule has 3 aromatic rings. The van der Waals surface area contributed by atoms with Crippen LogP contribution in [0, 0.1) is 6.92 Å². The van der Waals surface area contributed by atoms with E-state index in [1.807, 2.05) is 62.4 Å². The SMILES string of the molecule is CCC(C(=O)Nc1ccc(-n2cnnn2)c(C)c1)c1ccccc1. The van der Waals surface area contributed by atoms with E-state index in [2.05, 4.69) is 20.8 Å². The summed E-state index contributed by atoms with van der Waals surface area (Å²) in [6.45, 7) is 3.98. The van der Waals surface area contributed by atoms with Gasteiger partial charge in [0.05, 0.1) is 11.6 Å². The van der Waals surface area contributed by atoms with Gasteiger partial charge < -0.3 is 5.32 Å². The first kappa shape index (κ1) is 15.9. The lowest BCUT2D eigenvalue weighted by atomic mass is 9.95. The molecule has 0 aliphatic heterocycles. The first-order chi connectivity index (χ1) is 11.7. The number of hydrogen-bond acceptors (Lipinski definition) is 4. The summed E-state index contributed by atoms with van der Waals surface area (Å²) in [6, 6.07) is 15.5. The molecule has 0 saturated carbocycles. The minimum atomic E-state index is -0.161. The van der Waals surface area contributed by atoms with Crippen LogP contribution in [0.3, 0.4) is 0 Å². The molecule has 1 aromatic heterocycles. The largest absolute Gasteiger partial charge is 0.326 e. The van der Waals surface area contributed by atoms with Gasteiger partial charge >= 0.3 is 0 Å². The van der Waals surface area contributed by atoms with Crippen LogP contribution in [0.1, 0.15) is 30.4 Å². The molecule has 1 N–H and O–H groups in total. The number of carbonyl (C=O) groups is 1. The van der Waals surface area contributed by atoms with Crippen molar-refractivity contribution in [2.45, 2.75) is 26.2 Å². The van der Waals surface area contributed by atoms with Gasteiger partial charge in [0.25, 0.3) is 0 Å². The van der Waals surface area contributed by atoms with Crippen LogP contribution in [0.4, 0.5) is 5.69 Å². The molecule has 24 heavy (non-hydrogen) atoms. The van der Waals surface area contributed by atoms with E-state index in [9.17, 15) is 4.79 Å². The zero-order valence-electron chi connectivity index (χ0n) is 13.7. The van der Waals surface area contributed by atoms with Crippen molar-refractivity contribution >= 4 is 11.6 Å². The fourth-order valence-corrected chi connectivity index (χ4v) is 2.75. The Labute approximate surface area is 140 Å². The smallest absolute Gasteiger partial charge is 0.231 e. The Morgan fingerprint density at radius 2 is 2.00 bits per heavy atom. The Bertz CT molecular complexity index is 815. The van der Waals surface area contributed by atoms with Gasteiger partial charge in [-0.05, 0) is 53.1 Å². The van der Waals surface area contributed by atoms with Gasteiger partial charge in [-0.1, -0.05) is 37.3 Å². The van der Waals surface area contributed by atoms with Crippen LogP contribution in [0.25, 0.3) is 5.69 Å². The van der Waals surface area contributed by atoms with Crippen LogP contribution in [-0.4, -0.2) is 26.1 Å². The van der Waals surface area contributed by atoms with E-state index in [4.69, 9.17) is 0 Å². The van der Waals surface area contributed by atoms with Gasteiger partial charge in [0.2, 0.25) is 5.91 Å². The molecule has 2 aromatic carbocycles. The van der Waals surface area contributed by atoms with E-state index in [-0.39, 0.29) is 11.8 Å². The molecule has 0 aliphatic rings. The van der Waals surface area contributed by atoms with Crippen LogP contribution in [0.2, 0.25) is 0 Å². The topological polar surface area (TPSA) is 72.7 Å². The van der Waals surface area contributed by atoms with Crippen LogP contribution in [0.15, 0.2) is 54.9 Å². The summed E-state index contributed by atoms with van der Waals surface area (Å²) in [5, 5.41) is 14.2. The molecule has 122 valence electrons. The maximum absolute atomic E-state index is 12.6. The number of nitrogens with one attached hydrogen (secondary N) is 1. The van der Waals surface area contributed by atoms with Gasteiger partial charge in [-0.2, -0.15) is 0 Å². The second kappa shape index (κ2) is 7.04. The molecule has 0 saturated heterocycles. The predicted octanol–water partition coefficient (Wildman–Crippen LogP) is 3.10. The van der Waals surface area contributed by atoms with Crippen molar-refractivity contribution in [2.75, 3.05) is 5.32 Å². The van der Waals surface area contributed by atoms with Gasteiger partial charge in [-0.15, -0.1) is 5.10 Å². The maximum Gasteiger partial charge on any atom is 0.231 e. The molecule has 0 spiro atoms. The number of amides is 1. The first-order valence-corrected chi connectivity index (χ1v) is 7.89. The number of hydrogen-bond donors (Lipinski definition) is 1. The fourth-order valence-electron chi connectivity index (χ4n) is 2.75. The van der Waals surface area contributed by atoms with Crippen molar-refractivity contribution in [3.8, 4) is 5.69 Å².